The maximum Gasteiger partial charge on any atom is 0.0549 e. The fourth-order valence-electron chi connectivity index (χ4n) is 2.86. The third-order valence-corrected chi connectivity index (χ3v) is 5.27. The SMILES string of the molecule is Cc1ccccc1C1CC(Nc2ccc(Cl)c(Br)c2)C1. The van der Waals surface area contributed by atoms with Gasteiger partial charge in [0.1, 0.15) is 0 Å². The summed E-state index contributed by atoms with van der Waals surface area (Å²) in [4.78, 5) is 0. The van der Waals surface area contributed by atoms with Gasteiger partial charge >= 0.3 is 0 Å². The highest BCUT2D eigenvalue weighted by Gasteiger charge is 2.30. The molecule has 0 unspecified atom stereocenters. The van der Waals surface area contributed by atoms with E-state index in [0.717, 1.165) is 15.2 Å². The third kappa shape index (κ3) is 2.87. The summed E-state index contributed by atoms with van der Waals surface area (Å²) in [5.74, 6) is 0.699. The van der Waals surface area contributed by atoms with Crippen LogP contribution in [0, 0.1) is 6.92 Å². The predicted molar refractivity (Wildman–Crippen MR) is 89.7 cm³/mol. The molecule has 2 aromatic rings. The van der Waals surface area contributed by atoms with Gasteiger partial charge in [0, 0.05) is 16.2 Å². The molecule has 0 saturated heterocycles. The average molecular weight is 351 g/mol. The molecule has 1 fully saturated rings. The third-order valence-electron chi connectivity index (χ3n) is 4.06. The number of halogens is 2. The molecule has 0 spiro atoms. The van der Waals surface area contributed by atoms with E-state index in [1.54, 1.807) is 0 Å². The van der Waals surface area contributed by atoms with Crippen molar-refractivity contribution in [3.63, 3.8) is 0 Å². The van der Waals surface area contributed by atoms with E-state index >= 15 is 0 Å². The molecular weight excluding hydrogens is 334 g/mol. The Kier molecular flexibility index (Phi) is 4.04. The van der Waals surface area contributed by atoms with Crippen LogP contribution in [-0.2, 0) is 0 Å². The molecule has 104 valence electrons. The quantitative estimate of drug-likeness (QED) is 0.741. The molecule has 2 aromatic carbocycles. The lowest BCUT2D eigenvalue weighted by molar-refractivity contribution is 0.373. The fraction of sp³-hybridized carbons (Fsp3) is 0.294. The highest BCUT2D eigenvalue weighted by Crippen LogP contribution is 2.40. The number of hydrogen-bond donors (Lipinski definition) is 1. The van der Waals surface area contributed by atoms with E-state index in [0.29, 0.717) is 12.0 Å². The molecule has 0 aromatic heterocycles. The van der Waals surface area contributed by atoms with Crippen molar-refractivity contribution in [2.45, 2.75) is 31.7 Å². The molecule has 0 amide bonds. The molecule has 0 radical (unpaired) electrons. The average Bonchev–Trinajstić information content (AvgIpc) is 2.39. The topological polar surface area (TPSA) is 12.0 Å². The summed E-state index contributed by atoms with van der Waals surface area (Å²) in [6.45, 7) is 2.20. The molecule has 3 heteroatoms. The molecule has 1 nitrogen and oxygen atoms in total. The Morgan fingerprint density at radius 3 is 2.60 bits per heavy atom. The van der Waals surface area contributed by atoms with Crippen LogP contribution < -0.4 is 5.32 Å². The lowest BCUT2D eigenvalue weighted by atomic mass is 9.74. The number of anilines is 1. The van der Waals surface area contributed by atoms with Crippen LogP contribution in [0.5, 0.6) is 0 Å². The summed E-state index contributed by atoms with van der Waals surface area (Å²) in [5.41, 5.74) is 4.04. The van der Waals surface area contributed by atoms with Gasteiger partial charge in [0.05, 0.1) is 5.02 Å². The zero-order valence-electron chi connectivity index (χ0n) is 11.4. The summed E-state index contributed by atoms with van der Waals surface area (Å²) in [7, 11) is 0. The Morgan fingerprint density at radius 1 is 1.15 bits per heavy atom. The van der Waals surface area contributed by atoms with Crippen LogP contribution in [0.2, 0.25) is 5.02 Å². The van der Waals surface area contributed by atoms with E-state index in [1.807, 2.05) is 18.2 Å². The molecule has 0 atom stereocenters. The van der Waals surface area contributed by atoms with Crippen molar-refractivity contribution in [3.05, 3.63) is 63.1 Å². The Labute approximate surface area is 133 Å². The van der Waals surface area contributed by atoms with Crippen molar-refractivity contribution in [2.75, 3.05) is 5.32 Å². The van der Waals surface area contributed by atoms with Crippen LogP contribution in [-0.4, -0.2) is 6.04 Å². The highest BCUT2D eigenvalue weighted by molar-refractivity contribution is 9.10. The van der Waals surface area contributed by atoms with Gasteiger partial charge in [0.15, 0.2) is 0 Å². The Balaban J connectivity index is 1.61. The summed E-state index contributed by atoms with van der Waals surface area (Å²) >= 11 is 9.47. The van der Waals surface area contributed by atoms with Gasteiger partial charge in [-0.05, 0) is 70.9 Å². The second kappa shape index (κ2) is 5.79. The first-order valence-electron chi connectivity index (χ1n) is 6.90. The Bertz CT molecular complexity index is 620. The molecule has 0 heterocycles. The maximum atomic E-state index is 6.01. The van der Waals surface area contributed by atoms with Crippen LogP contribution in [0.25, 0.3) is 0 Å². The number of hydrogen-bond acceptors (Lipinski definition) is 1. The number of nitrogens with one attached hydrogen (secondary N) is 1. The number of rotatable bonds is 3. The molecule has 1 saturated carbocycles. The standard InChI is InChI=1S/C17H17BrClN/c1-11-4-2-3-5-15(11)12-8-14(9-12)20-13-6-7-17(19)16(18)10-13/h2-7,10,12,14,20H,8-9H2,1H3. The second-order valence-electron chi connectivity index (χ2n) is 5.50. The molecule has 1 N–H and O–H groups in total. The zero-order chi connectivity index (χ0) is 14.1. The molecule has 1 aliphatic rings. The van der Waals surface area contributed by atoms with E-state index in [-0.39, 0.29) is 0 Å². The molecule has 3 rings (SSSR count). The Hall–Kier alpha value is -0.990. The minimum atomic E-state index is 0.563. The Morgan fingerprint density at radius 2 is 1.90 bits per heavy atom. The van der Waals surface area contributed by atoms with Crippen molar-refractivity contribution in [1.82, 2.24) is 0 Å². The van der Waals surface area contributed by atoms with E-state index in [1.165, 1.54) is 24.0 Å². The van der Waals surface area contributed by atoms with Crippen molar-refractivity contribution in [3.8, 4) is 0 Å². The lowest BCUT2D eigenvalue weighted by Gasteiger charge is -2.37. The summed E-state index contributed by atoms with van der Waals surface area (Å²) in [6.07, 6.45) is 2.40. The second-order valence-corrected chi connectivity index (χ2v) is 6.76. The van der Waals surface area contributed by atoms with Gasteiger partial charge in [-0.1, -0.05) is 35.9 Å². The van der Waals surface area contributed by atoms with Crippen molar-refractivity contribution < 1.29 is 0 Å². The molecule has 0 aliphatic heterocycles. The van der Waals surface area contributed by atoms with Crippen LogP contribution in [0.1, 0.15) is 29.9 Å². The van der Waals surface area contributed by atoms with Crippen molar-refractivity contribution in [2.24, 2.45) is 0 Å². The highest BCUT2D eigenvalue weighted by atomic mass is 79.9. The molecular formula is C17H17BrClN. The van der Waals surface area contributed by atoms with Crippen LogP contribution in [0.15, 0.2) is 46.9 Å². The molecule has 20 heavy (non-hydrogen) atoms. The van der Waals surface area contributed by atoms with Gasteiger partial charge in [-0.3, -0.25) is 0 Å². The van der Waals surface area contributed by atoms with Crippen LogP contribution in [0.3, 0.4) is 0 Å². The van der Waals surface area contributed by atoms with Crippen LogP contribution >= 0.6 is 27.5 Å². The van der Waals surface area contributed by atoms with Gasteiger partial charge in [0.25, 0.3) is 0 Å². The lowest BCUT2D eigenvalue weighted by Crippen LogP contribution is -2.34. The van der Waals surface area contributed by atoms with Gasteiger partial charge in [0.2, 0.25) is 0 Å². The fourth-order valence-corrected chi connectivity index (χ4v) is 3.35. The van der Waals surface area contributed by atoms with E-state index in [9.17, 15) is 0 Å². The maximum absolute atomic E-state index is 6.01. The minimum absolute atomic E-state index is 0.563. The van der Waals surface area contributed by atoms with Gasteiger partial charge in [-0.25, -0.2) is 0 Å². The van der Waals surface area contributed by atoms with Crippen molar-refractivity contribution in [1.29, 1.82) is 0 Å². The summed E-state index contributed by atoms with van der Waals surface area (Å²) in [6, 6.07) is 15.3. The van der Waals surface area contributed by atoms with Crippen molar-refractivity contribution >= 4 is 33.2 Å². The number of aryl methyl sites for hydroxylation is 1. The summed E-state index contributed by atoms with van der Waals surface area (Å²) < 4.78 is 0.943. The van der Waals surface area contributed by atoms with E-state index < -0.39 is 0 Å². The summed E-state index contributed by atoms with van der Waals surface area (Å²) in [5, 5.41) is 4.33. The monoisotopic (exact) mass is 349 g/mol. The minimum Gasteiger partial charge on any atom is -0.382 e. The first kappa shape index (κ1) is 14.0. The van der Waals surface area contributed by atoms with Crippen LogP contribution in [0.4, 0.5) is 5.69 Å². The van der Waals surface area contributed by atoms with Gasteiger partial charge < -0.3 is 5.32 Å². The number of benzene rings is 2. The van der Waals surface area contributed by atoms with Gasteiger partial charge in [-0.15, -0.1) is 0 Å². The van der Waals surface area contributed by atoms with E-state index in [4.69, 9.17) is 11.6 Å². The smallest absolute Gasteiger partial charge is 0.0549 e. The first-order valence-corrected chi connectivity index (χ1v) is 8.07. The first-order chi connectivity index (χ1) is 9.63. The molecule has 1 aliphatic carbocycles. The molecule has 0 bridgehead atoms. The largest absolute Gasteiger partial charge is 0.382 e. The predicted octanol–water partition coefficient (Wildman–Crippen LogP) is 5.77. The normalized spacial score (nSPS) is 21.4. The van der Waals surface area contributed by atoms with Gasteiger partial charge in [-0.2, -0.15) is 0 Å². The van der Waals surface area contributed by atoms with E-state index in [2.05, 4.69) is 52.4 Å². The zero-order valence-corrected chi connectivity index (χ0v) is 13.7.